The summed E-state index contributed by atoms with van der Waals surface area (Å²) in [6.07, 6.45) is 2.43. The van der Waals surface area contributed by atoms with Crippen molar-refractivity contribution in [2.45, 2.75) is 44.8 Å². The van der Waals surface area contributed by atoms with Crippen LogP contribution in [0.5, 0.6) is 0 Å². The summed E-state index contributed by atoms with van der Waals surface area (Å²) in [4.78, 5) is 0. The zero-order valence-corrected chi connectivity index (χ0v) is 8.38. The van der Waals surface area contributed by atoms with Crippen LogP contribution in [0.15, 0.2) is 12.2 Å². The van der Waals surface area contributed by atoms with Crippen LogP contribution >= 0.6 is 0 Å². The molecule has 3 N–H and O–H groups in total. The Hall–Kier alpha value is -0.380. The average molecular weight is 185 g/mol. The first-order valence-corrected chi connectivity index (χ1v) is 4.75. The van der Waals surface area contributed by atoms with Crippen molar-refractivity contribution in [3.63, 3.8) is 0 Å². The highest BCUT2D eigenvalue weighted by Gasteiger charge is 2.38. The van der Waals surface area contributed by atoms with Crippen molar-refractivity contribution < 1.29 is 10.3 Å². The van der Waals surface area contributed by atoms with Gasteiger partial charge in [0, 0.05) is 0 Å². The molecule has 3 nitrogen and oxygen atoms in total. The van der Waals surface area contributed by atoms with Crippen molar-refractivity contribution in [3.05, 3.63) is 12.2 Å². The Morgan fingerprint density at radius 2 is 2.23 bits per heavy atom. The molecule has 0 aromatic heterocycles. The fraction of sp³-hybridized carbons (Fsp3) is 0.800. The zero-order valence-electron chi connectivity index (χ0n) is 8.38. The lowest BCUT2D eigenvalue weighted by Crippen LogP contribution is -2.51. The molecule has 0 amide bonds. The second-order valence-electron chi connectivity index (χ2n) is 4.36. The maximum absolute atomic E-state index is 9.88. The minimum atomic E-state index is -0.791. The Balaban J connectivity index is 2.63. The SMILES string of the molecule is C=C(C)[C@@H]1CC[C@](C)(O)[C@@H](NO)C1. The molecule has 1 fully saturated rings. The van der Waals surface area contributed by atoms with E-state index in [2.05, 4.69) is 12.1 Å². The van der Waals surface area contributed by atoms with Gasteiger partial charge in [-0.05, 0) is 39.0 Å². The first-order chi connectivity index (χ1) is 5.97. The van der Waals surface area contributed by atoms with Gasteiger partial charge in [-0.2, -0.15) is 5.48 Å². The molecule has 1 aliphatic carbocycles. The first kappa shape index (κ1) is 10.7. The van der Waals surface area contributed by atoms with Crippen molar-refractivity contribution in [3.8, 4) is 0 Å². The molecular weight excluding hydrogens is 166 g/mol. The molecule has 76 valence electrons. The summed E-state index contributed by atoms with van der Waals surface area (Å²) < 4.78 is 0. The number of hydroxylamine groups is 1. The molecule has 0 heterocycles. The van der Waals surface area contributed by atoms with E-state index in [1.807, 2.05) is 6.92 Å². The van der Waals surface area contributed by atoms with Gasteiger partial charge in [-0.15, -0.1) is 0 Å². The second-order valence-corrected chi connectivity index (χ2v) is 4.36. The van der Waals surface area contributed by atoms with Gasteiger partial charge in [-0.1, -0.05) is 12.2 Å². The van der Waals surface area contributed by atoms with Crippen molar-refractivity contribution in [1.29, 1.82) is 0 Å². The van der Waals surface area contributed by atoms with E-state index in [4.69, 9.17) is 5.21 Å². The molecular formula is C10H19NO2. The van der Waals surface area contributed by atoms with Gasteiger partial charge in [-0.3, -0.25) is 0 Å². The second kappa shape index (κ2) is 3.78. The summed E-state index contributed by atoms with van der Waals surface area (Å²) in [6, 6.07) is -0.233. The highest BCUT2D eigenvalue weighted by atomic mass is 16.5. The van der Waals surface area contributed by atoms with E-state index in [9.17, 15) is 5.11 Å². The number of rotatable bonds is 2. The monoisotopic (exact) mass is 185 g/mol. The molecule has 0 aliphatic heterocycles. The van der Waals surface area contributed by atoms with Crippen LogP contribution in [0.3, 0.4) is 0 Å². The van der Waals surface area contributed by atoms with E-state index in [-0.39, 0.29) is 6.04 Å². The molecule has 0 aromatic carbocycles. The Bertz CT molecular complexity index is 201. The Morgan fingerprint density at radius 3 is 2.69 bits per heavy atom. The molecule has 0 saturated heterocycles. The summed E-state index contributed by atoms with van der Waals surface area (Å²) in [5, 5.41) is 18.8. The minimum absolute atomic E-state index is 0.233. The smallest absolute Gasteiger partial charge is 0.0795 e. The maximum Gasteiger partial charge on any atom is 0.0795 e. The van der Waals surface area contributed by atoms with E-state index in [0.717, 1.165) is 18.4 Å². The van der Waals surface area contributed by atoms with Crippen LogP contribution in [0.2, 0.25) is 0 Å². The third-order valence-corrected chi connectivity index (χ3v) is 3.12. The summed E-state index contributed by atoms with van der Waals surface area (Å²) in [6.45, 7) is 7.66. The molecule has 3 heteroatoms. The molecule has 0 bridgehead atoms. The van der Waals surface area contributed by atoms with Gasteiger partial charge in [0.2, 0.25) is 0 Å². The predicted molar refractivity (Wildman–Crippen MR) is 51.5 cm³/mol. The van der Waals surface area contributed by atoms with E-state index in [1.54, 1.807) is 6.92 Å². The average Bonchev–Trinajstić information content (AvgIpc) is 2.03. The summed E-state index contributed by atoms with van der Waals surface area (Å²) in [5.41, 5.74) is 2.53. The van der Waals surface area contributed by atoms with Crippen LogP contribution in [0.1, 0.15) is 33.1 Å². The van der Waals surface area contributed by atoms with Crippen LogP contribution < -0.4 is 5.48 Å². The normalized spacial score (nSPS) is 40.3. The highest BCUT2D eigenvalue weighted by Crippen LogP contribution is 2.34. The van der Waals surface area contributed by atoms with Gasteiger partial charge >= 0.3 is 0 Å². The lowest BCUT2D eigenvalue weighted by Gasteiger charge is -2.40. The third kappa shape index (κ3) is 2.30. The molecule has 1 aliphatic rings. The lowest BCUT2D eigenvalue weighted by atomic mass is 9.74. The standard InChI is InChI=1S/C10H19NO2/c1-7(2)8-4-5-10(3,12)9(6-8)11-13/h8-9,11-13H,1,4-6H2,2-3H3/t8-,9+,10+/m1/s1. The topological polar surface area (TPSA) is 52.5 Å². The van der Waals surface area contributed by atoms with Gasteiger partial charge < -0.3 is 10.3 Å². The van der Waals surface area contributed by atoms with E-state index in [0.29, 0.717) is 12.3 Å². The molecule has 0 unspecified atom stereocenters. The van der Waals surface area contributed by atoms with Gasteiger partial charge in [0.1, 0.15) is 0 Å². The number of hydrogen-bond acceptors (Lipinski definition) is 3. The van der Waals surface area contributed by atoms with Gasteiger partial charge in [-0.25, -0.2) is 0 Å². The molecule has 0 radical (unpaired) electrons. The van der Waals surface area contributed by atoms with Crippen LogP contribution in [0.25, 0.3) is 0 Å². The maximum atomic E-state index is 9.88. The van der Waals surface area contributed by atoms with Crippen LogP contribution in [-0.2, 0) is 0 Å². The van der Waals surface area contributed by atoms with Gasteiger partial charge in [0.25, 0.3) is 0 Å². The summed E-state index contributed by atoms with van der Waals surface area (Å²) in [5.74, 6) is 0.421. The van der Waals surface area contributed by atoms with Crippen molar-refractivity contribution in [1.82, 2.24) is 5.48 Å². The fourth-order valence-corrected chi connectivity index (χ4v) is 1.94. The number of hydrogen-bond donors (Lipinski definition) is 3. The third-order valence-electron chi connectivity index (χ3n) is 3.12. The zero-order chi connectivity index (χ0) is 10.1. The van der Waals surface area contributed by atoms with Gasteiger partial charge in [0.05, 0.1) is 11.6 Å². The van der Waals surface area contributed by atoms with E-state index < -0.39 is 5.60 Å². The molecule has 0 spiro atoms. The van der Waals surface area contributed by atoms with Crippen LogP contribution in [-0.4, -0.2) is 22.0 Å². The van der Waals surface area contributed by atoms with Crippen molar-refractivity contribution in [2.24, 2.45) is 5.92 Å². The molecule has 1 rings (SSSR count). The number of aliphatic hydroxyl groups is 1. The Kier molecular flexibility index (Phi) is 3.11. The molecule has 3 atom stereocenters. The highest BCUT2D eigenvalue weighted by molar-refractivity contribution is 5.04. The quantitative estimate of drug-likeness (QED) is 0.451. The lowest BCUT2D eigenvalue weighted by molar-refractivity contribution is -0.0630. The van der Waals surface area contributed by atoms with E-state index >= 15 is 0 Å². The van der Waals surface area contributed by atoms with Gasteiger partial charge in [0.15, 0.2) is 0 Å². The number of nitrogens with one attached hydrogen (secondary N) is 1. The predicted octanol–water partition coefficient (Wildman–Crippen LogP) is 1.46. The number of allylic oxidation sites excluding steroid dienone is 1. The fourth-order valence-electron chi connectivity index (χ4n) is 1.94. The van der Waals surface area contributed by atoms with E-state index in [1.165, 1.54) is 0 Å². The van der Waals surface area contributed by atoms with Crippen molar-refractivity contribution >= 4 is 0 Å². The van der Waals surface area contributed by atoms with Crippen LogP contribution in [0, 0.1) is 5.92 Å². The molecule has 13 heavy (non-hydrogen) atoms. The summed E-state index contributed by atoms with van der Waals surface area (Å²) in [7, 11) is 0. The largest absolute Gasteiger partial charge is 0.388 e. The Morgan fingerprint density at radius 1 is 1.62 bits per heavy atom. The first-order valence-electron chi connectivity index (χ1n) is 4.75. The van der Waals surface area contributed by atoms with Crippen molar-refractivity contribution in [2.75, 3.05) is 0 Å². The molecule has 1 saturated carbocycles. The van der Waals surface area contributed by atoms with Crippen LogP contribution in [0.4, 0.5) is 0 Å². The Labute approximate surface area is 79.4 Å². The molecule has 0 aromatic rings. The summed E-state index contributed by atoms with van der Waals surface area (Å²) >= 11 is 0. The minimum Gasteiger partial charge on any atom is -0.388 e.